The number of carbonyl (C=O) groups excluding carboxylic acids is 2. The number of amides is 1. The number of rotatable bonds is 8. The van der Waals surface area contributed by atoms with E-state index < -0.39 is 6.29 Å². The van der Waals surface area contributed by atoms with Crippen LogP contribution in [-0.2, 0) is 9.53 Å². The number of aliphatic hydroxyl groups is 1. The second-order valence-corrected chi connectivity index (χ2v) is 5.72. The molecule has 2 rings (SSSR count). The molecule has 126 valence electrons. The maximum Gasteiger partial charge on any atom is 0.251 e. The van der Waals surface area contributed by atoms with Gasteiger partial charge in [-0.15, -0.1) is 0 Å². The second-order valence-electron chi connectivity index (χ2n) is 5.72. The maximum absolute atomic E-state index is 12.3. The van der Waals surface area contributed by atoms with E-state index in [1.165, 1.54) is 0 Å². The quantitative estimate of drug-likeness (QED) is 0.547. The molecule has 0 saturated carbocycles. The third kappa shape index (κ3) is 6.09. The number of aliphatic hydroxyl groups excluding tert-OH is 1. The van der Waals surface area contributed by atoms with E-state index >= 15 is 0 Å². The molecule has 1 amide bonds. The molecule has 2 N–H and O–H groups in total. The van der Waals surface area contributed by atoms with Gasteiger partial charge in [-0.1, -0.05) is 18.2 Å². The zero-order chi connectivity index (χ0) is 16.5. The number of β-amino-alcohol motifs (C(OH)–C–C–N with tert-alkyl or cyclic N) is 1. The van der Waals surface area contributed by atoms with Crippen LogP contribution in [0.15, 0.2) is 30.3 Å². The number of unbranched alkanes of at least 4 members (excludes halogenated alkanes) is 1. The Kier molecular flexibility index (Phi) is 7.19. The summed E-state index contributed by atoms with van der Waals surface area (Å²) in [5.41, 5.74) is 0.620. The summed E-state index contributed by atoms with van der Waals surface area (Å²) in [6.07, 6.45) is 2.07. The van der Waals surface area contributed by atoms with Gasteiger partial charge in [0.05, 0.1) is 6.61 Å². The zero-order valence-electron chi connectivity index (χ0n) is 13.2. The van der Waals surface area contributed by atoms with Crippen LogP contribution in [0.1, 0.15) is 29.6 Å². The number of aldehydes is 1. The number of nitrogens with one attached hydrogen (secondary N) is 1. The molecule has 0 aliphatic carbocycles. The molecule has 23 heavy (non-hydrogen) atoms. The van der Waals surface area contributed by atoms with Crippen molar-refractivity contribution in [2.45, 2.75) is 31.6 Å². The van der Waals surface area contributed by atoms with Crippen molar-refractivity contribution in [2.75, 3.05) is 26.2 Å². The van der Waals surface area contributed by atoms with Crippen LogP contribution in [0.3, 0.4) is 0 Å². The monoisotopic (exact) mass is 320 g/mol. The van der Waals surface area contributed by atoms with Crippen LogP contribution in [0, 0.1) is 0 Å². The van der Waals surface area contributed by atoms with Crippen molar-refractivity contribution < 1.29 is 19.4 Å². The van der Waals surface area contributed by atoms with E-state index in [2.05, 4.69) is 10.2 Å². The van der Waals surface area contributed by atoms with E-state index in [1.807, 2.05) is 18.2 Å². The third-order valence-electron chi connectivity index (χ3n) is 3.86. The molecule has 1 aromatic rings. The Morgan fingerprint density at radius 2 is 2.22 bits per heavy atom. The molecule has 0 aromatic heterocycles. The lowest BCUT2D eigenvalue weighted by Crippen LogP contribution is -2.49. The summed E-state index contributed by atoms with van der Waals surface area (Å²) in [4.78, 5) is 24.9. The largest absolute Gasteiger partial charge is 0.367 e. The Bertz CT molecular complexity index is 495. The first kappa shape index (κ1) is 17.6. The van der Waals surface area contributed by atoms with Crippen molar-refractivity contribution in [1.82, 2.24) is 10.2 Å². The Morgan fingerprint density at radius 1 is 1.43 bits per heavy atom. The van der Waals surface area contributed by atoms with Gasteiger partial charge in [0.15, 0.2) is 6.29 Å². The van der Waals surface area contributed by atoms with Gasteiger partial charge in [0, 0.05) is 37.7 Å². The van der Waals surface area contributed by atoms with Crippen LogP contribution >= 0.6 is 0 Å². The highest BCUT2D eigenvalue weighted by Gasteiger charge is 2.22. The van der Waals surface area contributed by atoms with E-state index in [0.717, 1.165) is 25.7 Å². The molecule has 1 saturated heterocycles. The number of morpholine rings is 1. The fourth-order valence-corrected chi connectivity index (χ4v) is 2.68. The minimum atomic E-state index is -0.774. The number of nitrogens with zero attached hydrogens (tertiary/aromatic N) is 1. The highest BCUT2D eigenvalue weighted by atomic mass is 16.6. The van der Waals surface area contributed by atoms with Gasteiger partial charge in [-0.05, 0) is 25.0 Å². The number of benzene rings is 1. The summed E-state index contributed by atoms with van der Waals surface area (Å²) < 4.78 is 5.12. The van der Waals surface area contributed by atoms with Crippen molar-refractivity contribution in [3.8, 4) is 0 Å². The fraction of sp³-hybridized carbons (Fsp3) is 0.529. The standard InChI is InChI=1S/C17H24N2O4/c20-10-5-4-8-15(12-19-9-11-23-16(21)13-19)18-17(22)14-6-2-1-3-7-14/h1-3,6-7,10,15-16,21H,4-5,8-9,11-13H2,(H,18,22)/t15?,16-/m0/s1. The average Bonchev–Trinajstić information content (AvgIpc) is 2.56. The van der Waals surface area contributed by atoms with Gasteiger partial charge in [0.1, 0.15) is 6.29 Å². The molecular formula is C17H24N2O4. The molecule has 2 atom stereocenters. The molecule has 1 aromatic carbocycles. The lowest BCUT2D eigenvalue weighted by atomic mass is 10.1. The van der Waals surface area contributed by atoms with Gasteiger partial charge < -0.3 is 20.0 Å². The van der Waals surface area contributed by atoms with Gasteiger partial charge in [-0.25, -0.2) is 0 Å². The molecule has 1 unspecified atom stereocenters. The van der Waals surface area contributed by atoms with Gasteiger partial charge >= 0.3 is 0 Å². The predicted molar refractivity (Wildman–Crippen MR) is 86.0 cm³/mol. The fourth-order valence-electron chi connectivity index (χ4n) is 2.68. The zero-order valence-corrected chi connectivity index (χ0v) is 13.2. The van der Waals surface area contributed by atoms with E-state index in [0.29, 0.717) is 31.7 Å². The minimum absolute atomic E-state index is 0.0621. The molecule has 0 radical (unpaired) electrons. The molecule has 0 spiro atoms. The predicted octanol–water partition coefficient (Wildman–Crippen LogP) is 0.805. The van der Waals surface area contributed by atoms with Crippen LogP contribution in [0.4, 0.5) is 0 Å². The number of hydrogen-bond acceptors (Lipinski definition) is 5. The van der Waals surface area contributed by atoms with Gasteiger partial charge in [0.25, 0.3) is 5.91 Å². The summed E-state index contributed by atoms with van der Waals surface area (Å²) in [7, 11) is 0. The van der Waals surface area contributed by atoms with Crippen molar-refractivity contribution in [2.24, 2.45) is 0 Å². The summed E-state index contributed by atoms with van der Waals surface area (Å²) in [6.45, 7) is 2.28. The van der Waals surface area contributed by atoms with Crippen molar-refractivity contribution in [1.29, 1.82) is 0 Å². The first-order valence-electron chi connectivity index (χ1n) is 8.00. The maximum atomic E-state index is 12.3. The second kappa shape index (κ2) is 9.39. The van der Waals surface area contributed by atoms with Crippen LogP contribution in [-0.4, -0.2) is 60.8 Å². The smallest absolute Gasteiger partial charge is 0.251 e. The van der Waals surface area contributed by atoms with Crippen molar-refractivity contribution in [3.05, 3.63) is 35.9 Å². The first-order chi connectivity index (χ1) is 11.2. The first-order valence-corrected chi connectivity index (χ1v) is 8.00. The van der Waals surface area contributed by atoms with Gasteiger partial charge in [-0.3, -0.25) is 9.69 Å². The normalized spacial score (nSPS) is 20.0. The summed E-state index contributed by atoms with van der Waals surface area (Å²) >= 11 is 0. The molecule has 1 aliphatic rings. The molecular weight excluding hydrogens is 296 g/mol. The van der Waals surface area contributed by atoms with Crippen LogP contribution in [0.2, 0.25) is 0 Å². The van der Waals surface area contributed by atoms with Crippen LogP contribution in [0.5, 0.6) is 0 Å². The summed E-state index contributed by atoms with van der Waals surface area (Å²) in [5.74, 6) is -0.115. The van der Waals surface area contributed by atoms with E-state index in [1.54, 1.807) is 12.1 Å². The lowest BCUT2D eigenvalue weighted by molar-refractivity contribution is -0.146. The van der Waals surface area contributed by atoms with Crippen molar-refractivity contribution >= 4 is 12.2 Å². The van der Waals surface area contributed by atoms with Gasteiger partial charge in [0.2, 0.25) is 0 Å². The highest BCUT2D eigenvalue weighted by molar-refractivity contribution is 5.94. The summed E-state index contributed by atoms with van der Waals surface area (Å²) in [6, 6.07) is 9.01. The summed E-state index contributed by atoms with van der Waals surface area (Å²) in [5, 5.41) is 12.6. The molecule has 6 nitrogen and oxygen atoms in total. The minimum Gasteiger partial charge on any atom is -0.367 e. The molecule has 0 bridgehead atoms. The lowest BCUT2D eigenvalue weighted by Gasteiger charge is -2.33. The average molecular weight is 320 g/mol. The number of hydrogen-bond donors (Lipinski definition) is 2. The molecule has 1 heterocycles. The Balaban J connectivity index is 1.92. The Labute approximate surface area is 136 Å². The van der Waals surface area contributed by atoms with Crippen molar-refractivity contribution in [3.63, 3.8) is 0 Å². The van der Waals surface area contributed by atoms with E-state index in [4.69, 9.17) is 4.74 Å². The van der Waals surface area contributed by atoms with Crippen LogP contribution < -0.4 is 5.32 Å². The molecule has 6 heteroatoms. The van der Waals surface area contributed by atoms with E-state index in [9.17, 15) is 14.7 Å². The van der Waals surface area contributed by atoms with Crippen LogP contribution in [0.25, 0.3) is 0 Å². The molecule has 1 aliphatic heterocycles. The third-order valence-corrected chi connectivity index (χ3v) is 3.86. The Morgan fingerprint density at radius 3 is 2.91 bits per heavy atom. The highest BCUT2D eigenvalue weighted by Crippen LogP contribution is 2.09. The molecule has 1 fully saturated rings. The SMILES string of the molecule is O=CCCCC(CN1CCO[C@H](O)C1)NC(=O)c1ccccc1. The number of carbonyl (C=O) groups is 2. The van der Waals surface area contributed by atoms with Gasteiger partial charge in [-0.2, -0.15) is 0 Å². The topological polar surface area (TPSA) is 78.9 Å². The van der Waals surface area contributed by atoms with E-state index in [-0.39, 0.29) is 11.9 Å². The number of ether oxygens (including phenoxy) is 1. The Hall–Kier alpha value is -1.76.